The second kappa shape index (κ2) is 3.86. The highest BCUT2D eigenvalue weighted by Crippen LogP contribution is 2.28. The normalized spacial score (nSPS) is 15.3. The molecule has 0 bridgehead atoms. The summed E-state index contributed by atoms with van der Waals surface area (Å²) in [4.78, 5) is 18.5. The second-order valence-corrected chi connectivity index (χ2v) is 5.35. The van der Waals surface area contributed by atoms with Crippen LogP contribution in [0.4, 0.5) is 0 Å². The van der Waals surface area contributed by atoms with Crippen molar-refractivity contribution in [3.63, 3.8) is 0 Å². The van der Waals surface area contributed by atoms with E-state index in [1.54, 1.807) is 21.8 Å². The number of aromatic nitrogens is 2. The molecule has 0 atom stereocenters. The number of fused-ring (bicyclic) bond motifs is 3. The van der Waals surface area contributed by atoms with Crippen molar-refractivity contribution in [1.29, 1.82) is 0 Å². The van der Waals surface area contributed by atoms with Crippen molar-refractivity contribution in [3.05, 3.63) is 32.7 Å². The van der Waals surface area contributed by atoms with Gasteiger partial charge in [-0.05, 0) is 25.7 Å². The van der Waals surface area contributed by atoms with E-state index < -0.39 is 0 Å². The highest BCUT2D eigenvalue weighted by atomic mass is 35.5. The molecule has 1 aliphatic carbocycles. The molecule has 2 aromatic rings. The largest absolute Gasteiger partial charge is 0.269 e. The molecule has 0 aliphatic heterocycles. The molecule has 0 fully saturated rings. The molecule has 0 radical (unpaired) electrons. The number of nitrogens with zero attached hydrogens (tertiary/aromatic N) is 2. The molecule has 0 saturated carbocycles. The van der Waals surface area contributed by atoms with Gasteiger partial charge >= 0.3 is 0 Å². The van der Waals surface area contributed by atoms with Gasteiger partial charge in [0.25, 0.3) is 5.56 Å². The maximum absolute atomic E-state index is 12.0. The van der Waals surface area contributed by atoms with Crippen LogP contribution in [0.3, 0.4) is 0 Å². The number of aryl methyl sites for hydroxylation is 2. The third kappa shape index (κ3) is 1.48. The van der Waals surface area contributed by atoms with Crippen molar-refractivity contribution in [2.24, 2.45) is 0 Å². The van der Waals surface area contributed by atoms with E-state index >= 15 is 0 Å². The second-order valence-electron chi connectivity index (χ2n) is 4.02. The lowest BCUT2D eigenvalue weighted by atomic mass is 10.0. The number of hydrogen-bond donors (Lipinski definition) is 0. The van der Waals surface area contributed by atoms with Gasteiger partial charge in [-0.25, -0.2) is 4.98 Å². The number of hydrogen-bond acceptors (Lipinski definition) is 3. The van der Waals surface area contributed by atoms with Crippen LogP contribution in [0.2, 0.25) is 0 Å². The van der Waals surface area contributed by atoms with Gasteiger partial charge in [0, 0.05) is 16.6 Å². The van der Waals surface area contributed by atoms with E-state index in [9.17, 15) is 4.79 Å². The number of alkyl halides is 1. The first-order valence-electron chi connectivity index (χ1n) is 5.39. The van der Waals surface area contributed by atoms with Crippen molar-refractivity contribution in [2.45, 2.75) is 31.6 Å². The Morgan fingerprint density at radius 2 is 2.25 bits per heavy atom. The number of rotatable bonds is 1. The summed E-state index contributed by atoms with van der Waals surface area (Å²) in [5.74, 6) is 0.300. The molecular formula is C11H11ClN2OS. The van der Waals surface area contributed by atoms with Crippen molar-refractivity contribution >= 4 is 27.9 Å². The predicted octanol–water partition coefficient (Wildman–Crippen LogP) is 2.37. The van der Waals surface area contributed by atoms with Gasteiger partial charge in [0.15, 0.2) is 4.96 Å². The van der Waals surface area contributed by atoms with E-state index in [0.717, 1.165) is 17.8 Å². The Balaban J connectivity index is 2.34. The monoisotopic (exact) mass is 254 g/mol. The molecule has 0 aromatic carbocycles. The molecule has 0 amide bonds. The number of halogens is 1. The van der Waals surface area contributed by atoms with Gasteiger partial charge in [-0.2, -0.15) is 0 Å². The van der Waals surface area contributed by atoms with Crippen LogP contribution in [0.1, 0.15) is 29.1 Å². The zero-order chi connectivity index (χ0) is 11.1. The summed E-state index contributed by atoms with van der Waals surface area (Å²) in [6.07, 6.45) is 4.47. The van der Waals surface area contributed by atoms with Gasteiger partial charge in [-0.15, -0.1) is 22.9 Å². The third-order valence-corrected chi connectivity index (χ3v) is 4.37. The van der Waals surface area contributed by atoms with E-state index in [-0.39, 0.29) is 5.56 Å². The fourth-order valence-electron chi connectivity index (χ4n) is 2.21. The highest BCUT2D eigenvalue weighted by Gasteiger charge is 2.18. The molecule has 2 heterocycles. The van der Waals surface area contributed by atoms with E-state index in [2.05, 4.69) is 4.98 Å². The van der Waals surface area contributed by atoms with Crippen LogP contribution >= 0.6 is 22.9 Å². The quantitative estimate of drug-likeness (QED) is 0.733. The molecule has 3 nitrogen and oxygen atoms in total. The van der Waals surface area contributed by atoms with Crippen molar-refractivity contribution in [3.8, 4) is 0 Å². The molecule has 16 heavy (non-hydrogen) atoms. The van der Waals surface area contributed by atoms with E-state index in [1.807, 2.05) is 0 Å². The fourth-order valence-corrected chi connectivity index (χ4v) is 3.58. The van der Waals surface area contributed by atoms with Crippen LogP contribution in [0.15, 0.2) is 10.9 Å². The molecule has 1 aliphatic rings. The Hall–Kier alpha value is -0.870. The van der Waals surface area contributed by atoms with Gasteiger partial charge in [0.05, 0.1) is 11.6 Å². The Bertz CT molecular complexity index is 602. The van der Waals surface area contributed by atoms with E-state index in [4.69, 9.17) is 11.6 Å². The van der Waals surface area contributed by atoms with E-state index in [1.165, 1.54) is 23.4 Å². The molecule has 5 heteroatoms. The maximum Gasteiger partial charge on any atom is 0.259 e. The zero-order valence-corrected chi connectivity index (χ0v) is 10.3. The van der Waals surface area contributed by atoms with E-state index in [0.29, 0.717) is 11.6 Å². The Morgan fingerprint density at radius 3 is 3.06 bits per heavy atom. The van der Waals surface area contributed by atoms with Crippen molar-refractivity contribution < 1.29 is 0 Å². The Morgan fingerprint density at radius 1 is 1.44 bits per heavy atom. The molecule has 0 spiro atoms. The third-order valence-electron chi connectivity index (χ3n) is 2.95. The smallest absolute Gasteiger partial charge is 0.259 e. The minimum absolute atomic E-state index is 0.0139. The number of thiazole rings is 1. The first kappa shape index (κ1) is 10.3. The lowest BCUT2D eigenvalue weighted by Crippen LogP contribution is -2.17. The SMILES string of the molecule is O=c1cc(CCl)nc2sc3c(n12)CCCC3. The summed E-state index contributed by atoms with van der Waals surface area (Å²) in [6.45, 7) is 0. The van der Waals surface area contributed by atoms with Crippen molar-refractivity contribution in [1.82, 2.24) is 9.38 Å². The summed E-state index contributed by atoms with van der Waals surface area (Å²) < 4.78 is 1.76. The zero-order valence-electron chi connectivity index (χ0n) is 8.70. The summed E-state index contributed by atoms with van der Waals surface area (Å²) in [5, 5.41) is 0. The molecule has 84 valence electrons. The van der Waals surface area contributed by atoms with Crippen LogP contribution in [0.5, 0.6) is 0 Å². The van der Waals surface area contributed by atoms with Crippen LogP contribution < -0.4 is 5.56 Å². The van der Waals surface area contributed by atoms with Crippen LogP contribution in [-0.2, 0) is 18.7 Å². The predicted molar refractivity (Wildman–Crippen MR) is 65.5 cm³/mol. The van der Waals surface area contributed by atoms with Gasteiger partial charge in [0.1, 0.15) is 0 Å². The summed E-state index contributed by atoms with van der Waals surface area (Å²) in [5.41, 5.74) is 1.86. The first-order chi connectivity index (χ1) is 7.79. The minimum Gasteiger partial charge on any atom is -0.269 e. The average Bonchev–Trinajstić information content (AvgIpc) is 2.67. The minimum atomic E-state index is 0.0139. The van der Waals surface area contributed by atoms with Crippen LogP contribution in [-0.4, -0.2) is 9.38 Å². The molecule has 3 rings (SSSR count). The molecule has 0 N–H and O–H groups in total. The topological polar surface area (TPSA) is 34.4 Å². The maximum atomic E-state index is 12.0. The average molecular weight is 255 g/mol. The van der Waals surface area contributed by atoms with Gasteiger partial charge in [0.2, 0.25) is 0 Å². The summed E-state index contributed by atoms with van der Waals surface area (Å²) >= 11 is 7.36. The molecule has 0 unspecified atom stereocenters. The summed E-state index contributed by atoms with van der Waals surface area (Å²) in [7, 11) is 0. The van der Waals surface area contributed by atoms with Gasteiger partial charge < -0.3 is 0 Å². The van der Waals surface area contributed by atoms with Crippen LogP contribution in [0.25, 0.3) is 4.96 Å². The lowest BCUT2D eigenvalue weighted by molar-refractivity contribution is 0.670. The standard InChI is InChI=1S/C11H11ClN2OS/c12-6-7-5-10(15)14-8-3-1-2-4-9(8)16-11(14)13-7/h5H,1-4,6H2. The Labute approximate surface area is 102 Å². The van der Waals surface area contributed by atoms with Crippen LogP contribution in [0, 0.1) is 0 Å². The van der Waals surface area contributed by atoms with Gasteiger partial charge in [-0.1, -0.05) is 0 Å². The molecule has 0 saturated heterocycles. The lowest BCUT2D eigenvalue weighted by Gasteiger charge is -2.09. The van der Waals surface area contributed by atoms with Gasteiger partial charge in [-0.3, -0.25) is 9.20 Å². The molecule has 2 aromatic heterocycles. The van der Waals surface area contributed by atoms with Crippen molar-refractivity contribution in [2.75, 3.05) is 0 Å². The first-order valence-corrected chi connectivity index (χ1v) is 6.74. The molecular weight excluding hydrogens is 244 g/mol. The Kier molecular flexibility index (Phi) is 2.48. The fraction of sp³-hybridized carbons (Fsp3) is 0.455. The highest BCUT2D eigenvalue weighted by molar-refractivity contribution is 7.17. The summed E-state index contributed by atoms with van der Waals surface area (Å²) in [6, 6.07) is 1.54.